The van der Waals surface area contributed by atoms with Gasteiger partial charge in [-0.1, -0.05) is 12.1 Å². The molecule has 0 bridgehead atoms. The zero-order valence-corrected chi connectivity index (χ0v) is 16.9. The van der Waals surface area contributed by atoms with Gasteiger partial charge in [-0.3, -0.25) is 10.1 Å². The van der Waals surface area contributed by atoms with E-state index in [0.717, 1.165) is 25.0 Å². The summed E-state index contributed by atoms with van der Waals surface area (Å²) in [5.74, 6) is -0.00523. The van der Waals surface area contributed by atoms with Crippen molar-refractivity contribution in [1.29, 1.82) is 0 Å². The second-order valence-corrected chi connectivity index (χ2v) is 7.64. The number of hydrogen-bond acceptors (Lipinski definition) is 7. The number of alkyl halides is 3. The molecule has 1 aromatic carbocycles. The Bertz CT molecular complexity index is 1300. The van der Waals surface area contributed by atoms with Crippen LogP contribution in [0.5, 0.6) is 0 Å². The van der Waals surface area contributed by atoms with Crippen molar-refractivity contribution >= 4 is 35.6 Å². The summed E-state index contributed by atoms with van der Waals surface area (Å²) in [6.45, 7) is 0.0615. The average Bonchev–Trinajstić information content (AvgIpc) is 3.40. The van der Waals surface area contributed by atoms with Gasteiger partial charge >= 0.3 is 12.2 Å². The highest BCUT2D eigenvalue weighted by Crippen LogP contribution is 2.30. The maximum atomic E-state index is 13.0. The van der Waals surface area contributed by atoms with Gasteiger partial charge in [0, 0.05) is 18.2 Å². The normalized spacial score (nSPS) is 17.4. The number of nitrogens with one attached hydrogen (secondary N) is 4. The fraction of sp³-hybridized carbons (Fsp3) is 0.250. The van der Waals surface area contributed by atoms with Crippen LogP contribution in [-0.2, 0) is 17.5 Å². The molecule has 3 aromatic rings. The van der Waals surface area contributed by atoms with E-state index < -0.39 is 23.7 Å². The number of aromatic nitrogens is 4. The fourth-order valence-corrected chi connectivity index (χ4v) is 3.26. The number of urea groups is 1. The second-order valence-electron chi connectivity index (χ2n) is 7.64. The van der Waals surface area contributed by atoms with Crippen molar-refractivity contribution in [3.63, 3.8) is 0 Å². The van der Waals surface area contributed by atoms with Crippen molar-refractivity contribution in [3.05, 3.63) is 52.8 Å². The molecule has 3 heterocycles. The van der Waals surface area contributed by atoms with Crippen LogP contribution in [0.25, 0.3) is 11.7 Å². The standard InChI is InChI=1S/C20H17F3N8O2/c21-20(22,23)12-3-1-2-10(6-12)8-24-17-28-15-11(7-14-16(32)29-19(33)27-14)9-25-31(15)18(30-17)26-13-4-5-13/h1-3,6-7,9,13H,4-5,8H2,(H2,24,26,28,30)(H2,27,29,32,33)/b14-7-. The molecule has 13 heteroatoms. The third-order valence-electron chi connectivity index (χ3n) is 5.03. The number of fused-ring (bicyclic) bond motifs is 1. The van der Waals surface area contributed by atoms with Gasteiger partial charge in [-0.05, 0) is 36.6 Å². The van der Waals surface area contributed by atoms with E-state index in [-0.39, 0.29) is 24.2 Å². The summed E-state index contributed by atoms with van der Waals surface area (Å²) >= 11 is 0. The Labute approximate surface area is 184 Å². The molecule has 0 spiro atoms. The van der Waals surface area contributed by atoms with E-state index >= 15 is 0 Å². The number of imide groups is 1. The lowest BCUT2D eigenvalue weighted by Crippen LogP contribution is -2.22. The number of nitrogens with zero attached hydrogens (tertiary/aromatic N) is 4. The van der Waals surface area contributed by atoms with Gasteiger partial charge in [0.1, 0.15) is 5.70 Å². The van der Waals surface area contributed by atoms with Gasteiger partial charge in [0.2, 0.25) is 11.9 Å². The average molecular weight is 458 g/mol. The third kappa shape index (κ3) is 4.42. The van der Waals surface area contributed by atoms with Gasteiger partial charge in [-0.25, -0.2) is 4.79 Å². The van der Waals surface area contributed by atoms with Crippen molar-refractivity contribution in [2.75, 3.05) is 10.6 Å². The third-order valence-corrected chi connectivity index (χ3v) is 5.03. The lowest BCUT2D eigenvalue weighted by Gasteiger charge is -2.11. The molecule has 0 radical (unpaired) electrons. The number of anilines is 2. The molecule has 1 saturated heterocycles. The van der Waals surface area contributed by atoms with Gasteiger partial charge in [-0.15, -0.1) is 0 Å². The molecule has 0 atom stereocenters. The molecule has 2 aromatic heterocycles. The maximum absolute atomic E-state index is 13.0. The van der Waals surface area contributed by atoms with Gasteiger partial charge in [-0.2, -0.15) is 32.8 Å². The van der Waals surface area contributed by atoms with Crippen LogP contribution >= 0.6 is 0 Å². The maximum Gasteiger partial charge on any atom is 0.416 e. The summed E-state index contributed by atoms with van der Waals surface area (Å²) in [5, 5.41) is 15.0. The minimum absolute atomic E-state index is 0.0451. The number of carbonyl (C=O) groups is 2. The van der Waals surface area contributed by atoms with Gasteiger partial charge < -0.3 is 16.0 Å². The van der Waals surface area contributed by atoms with Crippen LogP contribution in [-0.4, -0.2) is 37.6 Å². The Hall–Kier alpha value is -4.16. The highest BCUT2D eigenvalue weighted by Gasteiger charge is 2.30. The van der Waals surface area contributed by atoms with Crippen molar-refractivity contribution in [1.82, 2.24) is 30.2 Å². The van der Waals surface area contributed by atoms with E-state index in [1.165, 1.54) is 22.9 Å². The first-order chi connectivity index (χ1) is 15.8. The number of amides is 3. The van der Waals surface area contributed by atoms with Crippen LogP contribution in [0.15, 0.2) is 36.2 Å². The second kappa shape index (κ2) is 7.76. The molecular weight excluding hydrogens is 441 g/mol. The summed E-state index contributed by atoms with van der Waals surface area (Å²) < 4.78 is 40.4. The number of carbonyl (C=O) groups excluding carboxylic acids is 2. The van der Waals surface area contributed by atoms with Crippen LogP contribution in [0.2, 0.25) is 0 Å². The molecule has 2 aliphatic rings. The Balaban J connectivity index is 1.46. The minimum Gasteiger partial charge on any atom is -0.351 e. The Morgan fingerprint density at radius 3 is 2.70 bits per heavy atom. The molecule has 1 aliphatic carbocycles. The predicted molar refractivity (Wildman–Crippen MR) is 111 cm³/mol. The molecule has 2 fully saturated rings. The SMILES string of the molecule is O=C1NC(=O)/C(=C/c2cnn3c(NC4CC4)nc(NCc4cccc(C(F)(F)F)c4)nc23)N1. The van der Waals surface area contributed by atoms with Crippen molar-refractivity contribution in [2.24, 2.45) is 0 Å². The highest BCUT2D eigenvalue weighted by atomic mass is 19.4. The molecule has 33 heavy (non-hydrogen) atoms. The van der Waals surface area contributed by atoms with Gasteiger partial charge in [0.15, 0.2) is 5.65 Å². The molecular formula is C20H17F3N8O2. The lowest BCUT2D eigenvalue weighted by molar-refractivity contribution is -0.137. The van der Waals surface area contributed by atoms with Crippen LogP contribution < -0.4 is 21.3 Å². The smallest absolute Gasteiger partial charge is 0.351 e. The number of rotatable bonds is 6. The van der Waals surface area contributed by atoms with E-state index in [4.69, 9.17) is 0 Å². The summed E-state index contributed by atoms with van der Waals surface area (Å²) in [4.78, 5) is 32.1. The lowest BCUT2D eigenvalue weighted by atomic mass is 10.1. The number of halogens is 3. The number of hydrogen-bond donors (Lipinski definition) is 4. The van der Waals surface area contributed by atoms with Crippen molar-refractivity contribution < 1.29 is 22.8 Å². The van der Waals surface area contributed by atoms with Crippen LogP contribution in [0, 0.1) is 0 Å². The van der Waals surface area contributed by atoms with Gasteiger partial charge in [0.25, 0.3) is 5.91 Å². The molecule has 1 saturated carbocycles. The van der Waals surface area contributed by atoms with E-state index in [2.05, 4.69) is 36.3 Å². The first kappa shape index (κ1) is 20.7. The Morgan fingerprint density at radius 1 is 1.18 bits per heavy atom. The summed E-state index contributed by atoms with van der Waals surface area (Å²) in [5.41, 5.74) is 0.512. The van der Waals surface area contributed by atoms with Crippen molar-refractivity contribution in [2.45, 2.75) is 31.6 Å². The quantitative estimate of drug-likeness (QED) is 0.330. The summed E-state index contributed by atoms with van der Waals surface area (Å²) in [6.07, 6.45) is 0.428. The molecule has 10 nitrogen and oxygen atoms in total. The van der Waals surface area contributed by atoms with Crippen LogP contribution in [0.3, 0.4) is 0 Å². The highest BCUT2D eigenvalue weighted by molar-refractivity contribution is 6.14. The Morgan fingerprint density at radius 2 is 2.00 bits per heavy atom. The summed E-state index contributed by atoms with van der Waals surface area (Å²) in [7, 11) is 0. The van der Waals surface area contributed by atoms with E-state index in [1.54, 1.807) is 6.07 Å². The van der Waals surface area contributed by atoms with E-state index in [0.29, 0.717) is 22.7 Å². The Kier molecular flexibility index (Phi) is 4.87. The minimum atomic E-state index is -4.44. The van der Waals surface area contributed by atoms with Crippen molar-refractivity contribution in [3.8, 4) is 0 Å². The molecule has 170 valence electrons. The molecule has 4 N–H and O–H groups in total. The molecule has 3 amide bonds. The summed E-state index contributed by atoms with van der Waals surface area (Å²) in [6, 6.07) is 4.59. The zero-order valence-electron chi connectivity index (χ0n) is 16.9. The van der Waals surface area contributed by atoms with Crippen LogP contribution in [0.1, 0.15) is 29.5 Å². The van der Waals surface area contributed by atoms with Crippen LogP contribution in [0.4, 0.5) is 29.9 Å². The molecule has 1 aliphatic heterocycles. The fourth-order valence-electron chi connectivity index (χ4n) is 3.26. The largest absolute Gasteiger partial charge is 0.416 e. The zero-order chi connectivity index (χ0) is 23.2. The van der Waals surface area contributed by atoms with Gasteiger partial charge in [0.05, 0.1) is 11.8 Å². The van der Waals surface area contributed by atoms with E-state index in [9.17, 15) is 22.8 Å². The first-order valence-electron chi connectivity index (χ1n) is 10.0. The first-order valence-corrected chi connectivity index (χ1v) is 10.0. The monoisotopic (exact) mass is 458 g/mol. The predicted octanol–water partition coefficient (Wildman–Crippen LogP) is 2.51. The van der Waals surface area contributed by atoms with E-state index in [1.807, 2.05) is 0 Å². The molecule has 0 unspecified atom stereocenters. The number of benzene rings is 1. The topological polar surface area (TPSA) is 125 Å². The molecule has 5 rings (SSSR count).